The van der Waals surface area contributed by atoms with Gasteiger partial charge in [-0.25, -0.2) is 4.39 Å². The lowest BCUT2D eigenvalue weighted by molar-refractivity contribution is 0.425. The third-order valence-corrected chi connectivity index (χ3v) is 1.74. The van der Waals surface area contributed by atoms with Gasteiger partial charge in [0.15, 0.2) is 5.82 Å². The van der Waals surface area contributed by atoms with Gasteiger partial charge in [-0.3, -0.25) is 4.98 Å². The zero-order valence-electron chi connectivity index (χ0n) is 7.57. The Morgan fingerprint density at radius 3 is 2.79 bits per heavy atom. The van der Waals surface area contributed by atoms with Crippen molar-refractivity contribution in [2.75, 3.05) is 0 Å². The Labute approximate surface area is 79.8 Å². The highest BCUT2D eigenvalue weighted by Gasteiger charge is 2.06. The summed E-state index contributed by atoms with van der Waals surface area (Å²) in [5.41, 5.74) is 1.09. The zero-order chi connectivity index (χ0) is 9.97. The summed E-state index contributed by atoms with van der Waals surface area (Å²) in [6.45, 7) is 1.17. The molecule has 2 rings (SSSR count). The minimum atomic E-state index is -0.566. The summed E-state index contributed by atoms with van der Waals surface area (Å²) >= 11 is 0. The maximum absolute atomic E-state index is 12.1. The van der Waals surface area contributed by atoms with Crippen molar-refractivity contribution in [3.05, 3.63) is 29.8 Å². The van der Waals surface area contributed by atoms with Gasteiger partial charge >= 0.3 is 0 Å². The van der Waals surface area contributed by atoms with E-state index in [1.165, 1.54) is 6.20 Å². The molecule has 0 fully saturated rings. The number of aryl methyl sites for hydroxylation is 1. The van der Waals surface area contributed by atoms with Crippen LogP contribution in [0.4, 0.5) is 4.39 Å². The normalized spacial score (nSPS) is 10.4. The lowest BCUT2D eigenvalue weighted by Gasteiger charge is -1.94. The number of pyridine rings is 1. The molecule has 4 nitrogen and oxygen atoms in total. The number of rotatable bonds is 2. The molecule has 0 radical (unpaired) electrons. The van der Waals surface area contributed by atoms with E-state index in [0.29, 0.717) is 23.0 Å². The van der Waals surface area contributed by atoms with E-state index in [-0.39, 0.29) is 0 Å². The summed E-state index contributed by atoms with van der Waals surface area (Å²) in [7, 11) is 0. The van der Waals surface area contributed by atoms with Crippen LogP contribution in [0.3, 0.4) is 0 Å². The van der Waals surface area contributed by atoms with Crippen LogP contribution in [0, 0.1) is 6.92 Å². The number of halogens is 1. The van der Waals surface area contributed by atoms with E-state index >= 15 is 0 Å². The molecule has 0 saturated carbocycles. The molecule has 0 unspecified atom stereocenters. The van der Waals surface area contributed by atoms with Crippen molar-refractivity contribution in [2.45, 2.75) is 13.6 Å². The van der Waals surface area contributed by atoms with Crippen LogP contribution in [0.15, 0.2) is 22.9 Å². The average molecular weight is 193 g/mol. The summed E-state index contributed by atoms with van der Waals surface area (Å²) in [6.07, 6.45) is 1.52. The second-order valence-electron chi connectivity index (χ2n) is 2.82. The molecule has 0 bridgehead atoms. The van der Waals surface area contributed by atoms with Crippen LogP contribution in [0.1, 0.15) is 11.5 Å². The fourth-order valence-corrected chi connectivity index (χ4v) is 1.04. The zero-order valence-corrected chi connectivity index (χ0v) is 7.57. The lowest BCUT2D eigenvalue weighted by Crippen LogP contribution is -1.86. The minimum Gasteiger partial charge on any atom is -0.334 e. The molecule has 2 heterocycles. The average Bonchev–Trinajstić information content (AvgIpc) is 2.65. The topological polar surface area (TPSA) is 51.8 Å². The van der Waals surface area contributed by atoms with Crippen LogP contribution < -0.4 is 0 Å². The van der Waals surface area contributed by atoms with Crippen molar-refractivity contribution < 1.29 is 8.91 Å². The largest absolute Gasteiger partial charge is 0.334 e. The van der Waals surface area contributed by atoms with Crippen molar-refractivity contribution in [3.8, 4) is 11.5 Å². The molecule has 0 aliphatic heterocycles. The van der Waals surface area contributed by atoms with Gasteiger partial charge in [-0.15, -0.1) is 0 Å². The summed E-state index contributed by atoms with van der Waals surface area (Å²) in [5, 5.41) is 3.65. The van der Waals surface area contributed by atoms with Gasteiger partial charge in [-0.05, 0) is 19.1 Å². The Morgan fingerprint density at radius 1 is 1.43 bits per heavy atom. The van der Waals surface area contributed by atoms with Gasteiger partial charge < -0.3 is 4.52 Å². The van der Waals surface area contributed by atoms with Gasteiger partial charge in [-0.2, -0.15) is 4.98 Å². The number of alkyl halides is 1. The molecule has 2 aromatic rings. The van der Waals surface area contributed by atoms with Crippen LogP contribution in [0.25, 0.3) is 11.5 Å². The predicted octanol–water partition coefficient (Wildman–Crippen LogP) is 1.91. The van der Waals surface area contributed by atoms with E-state index in [4.69, 9.17) is 4.52 Å². The van der Waals surface area contributed by atoms with Gasteiger partial charge in [0.25, 0.3) is 5.89 Å². The second kappa shape index (κ2) is 3.53. The van der Waals surface area contributed by atoms with Crippen molar-refractivity contribution in [3.63, 3.8) is 0 Å². The third-order valence-electron chi connectivity index (χ3n) is 1.74. The first kappa shape index (κ1) is 8.80. The SMILES string of the molecule is Cc1noc(-c2ccc(CF)nc2)n1. The van der Waals surface area contributed by atoms with E-state index < -0.39 is 6.67 Å². The number of hydrogen-bond acceptors (Lipinski definition) is 4. The van der Waals surface area contributed by atoms with Gasteiger partial charge in [-0.1, -0.05) is 5.16 Å². The van der Waals surface area contributed by atoms with Gasteiger partial charge in [0, 0.05) is 6.20 Å². The Bertz CT molecular complexity index is 424. The molecular formula is C9H8FN3O. The minimum absolute atomic E-state index is 0.394. The summed E-state index contributed by atoms with van der Waals surface area (Å²) in [5.74, 6) is 0.968. The lowest BCUT2D eigenvalue weighted by atomic mass is 10.2. The molecule has 5 heteroatoms. The molecule has 14 heavy (non-hydrogen) atoms. The number of hydrogen-bond donors (Lipinski definition) is 0. The van der Waals surface area contributed by atoms with Crippen molar-refractivity contribution in [1.29, 1.82) is 0 Å². The van der Waals surface area contributed by atoms with E-state index in [1.54, 1.807) is 19.1 Å². The first-order chi connectivity index (χ1) is 6.79. The Hall–Kier alpha value is -1.78. The molecule has 0 N–H and O–H groups in total. The van der Waals surface area contributed by atoms with Gasteiger partial charge in [0.1, 0.15) is 6.67 Å². The first-order valence-electron chi connectivity index (χ1n) is 4.11. The Kier molecular flexibility index (Phi) is 2.22. The summed E-state index contributed by atoms with van der Waals surface area (Å²) < 4.78 is 17.1. The fourth-order valence-electron chi connectivity index (χ4n) is 1.04. The summed E-state index contributed by atoms with van der Waals surface area (Å²) in [6, 6.07) is 3.30. The third kappa shape index (κ3) is 1.61. The van der Waals surface area contributed by atoms with E-state index in [2.05, 4.69) is 15.1 Å². The van der Waals surface area contributed by atoms with Crippen LogP contribution in [-0.2, 0) is 6.67 Å². The van der Waals surface area contributed by atoms with Crippen LogP contribution >= 0.6 is 0 Å². The predicted molar refractivity (Wildman–Crippen MR) is 47.1 cm³/mol. The number of nitrogens with zero attached hydrogens (tertiary/aromatic N) is 3. The van der Waals surface area contributed by atoms with Gasteiger partial charge in [0.05, 0.1) is 11.3 Å². The molecule has 0 saturated heterocycles. The van der Waals surface area contributed by atoms with Crippen LogP contribution in [0.5, 0.6) is 0 Å². The molecule has 72 valence electrons. The monoisotopic (exact) mass is 193 g/mol. The Morgan fingerprint density at radius 2 is 2.29 bits per heavy atom. The second-order valence-corrected chi connectivity index (χ2v) is 2.82. The van der Waals surface area contributed by atoms with Crippen molar-refractivity contribution in [2.24, 2.45) is 0 Å². The van der Waals surface area contributed by atoms with Gasteiger partial charge in [0.2, 0.25) is 0 Å². The first-order valence-corrected chi connectivity index (χ1v) is 4.11. The maximum atomic E-state index is 12.1. The maximum Gasteiger partial charge on any atom is 0.259 e. The fraction of sp³-hybridized carbons (Fsp3) is 0.222. The molecule has 0 atom stereocenters. The van der Waals surface area contributed by atoms with E-state index in [9.17, 15) is 4.39 Å². The molecule has 0 spiro atoms. The molecule has 0 aromatic carbocycles. The van der Waals surface area contributed by atoms with Crippen LogP contribution in [0.2, 0.25) is 0 Å². The quantitative estimate of drug-likeness (QED) is 0.731. The highest BCUT2D eigenvalue weighted by atomic mass is 19.1. The highest BCUT2D eigenvalue weighted by molar-refractivity contribution is 5.50. The molecule has 2 aromatic heterocycles. The van der Waals surface area contributed by atoms with Crippen LogP contribution in [-0.4, -0.2) is 15.1 Å². The smallest absolute Gasteiger partial charge is 0.259 e. The molecule has 0 aliphatic rings. The van der Waals surface area contributed by atoms with E-state index in [1.807, 2.05) is 0 Å². The Balaban J connectivity index is 2.33. The highest BCUT2D eigenvalue weighted by Crippen LogP contribution is 2.15. The van der Waals surface area contributed by atoms with Crippen molar-refractivity contribution in [1.82, 2.24) is 15.1 Å². The molecule has 0 aliphatic carbocycles. The van der Waals surface area contributed by atoms with Crippen molar-refractivity contribution >= 4 is 0 Å². The molecular weight excluding hydrogens is 185 g/mol. The molecule has 0 amide bonds. The van der Waals surface area contributed by atoms with E-state index in [0.717, 1.165) is 0 Å². The standard InChI is InChI=1S/C9H8FN3O/c1-6-12-9(14-13-6)7-2-3-8(4-10)11-5-7/h2-3,5H,4H2,1H3. The number of aromatic nitrogens is 3. The summed E-state index contributed by atoms with van der Waals surface area (Å²) in [4.78, 5) is 7.90.